The Bertz CT molecular complexity index is 1200. The lowest BCUT2D eigenvalue weighted by Gasteiger charge is -2.18. The Hall–Kier alpha value is -4.27. The second-order valence-electron chi connectivity index (χ2n) is 8.23. The molecule has 1 aliphatic rings. The van der Waals surface area contributed by atoms with Crippen molar-refractivity contribution in [3.8, 4) is 17.2 Å². The van der Waals surface area contributed by atoms with Crippen LogP contribution in [0.15, 0.2) is 66.7 Å². The van der Waals surface area contributed by atoms with Crippen molar-refractivity contribution in [3.05, 3.63) is 78.1 Å². The summed E-state index contributed by atoms with van der Waals surface area (Å²) in [7, 11) is 1.58. The first-order valence-corrected chi connectivity index (χ1v) is 11.6. The third-order valence-electron chi connectivity index (χ3n) is 5.76. The highest BCUT2D eigenvalue weighted by atomic mass is 19.1. The lowest BCUT2D eigenvalue weighted by molar-refractivity contribution is -0.125. The van der Waals surface area contributed by atoms with Crippen LogP contribution in [-0.2, 0) is 16.2 Å². The number of halogens is 1. The third kappa shape index (κ3) is 6.04. The van der Waals surface area contributed by atoms with E-state index in [9.17, 15) is 14.0 Å². The molecule has 3 aromatic carbocycles. The first kappa shape index (κ1) is 24.8. The molecule has 9 heteroatoms. The topological polar surface area (TPSA) is 89.1 Å². The highest BCUT2D eigenvalue weighted by Gasteiger charge is 2.35. The van der Waals surface area contributed by atoms with Gasteiger partial charge in [0.1, 0.15) is 18.2 Å². The van der Waals surface area contributed by atoms with Crippen LogP contribution >= 0.6 is 0 Å². The molecule has 2 N–H and O–H groups in total. The molecular formula is C27H28FN3O5. The van der Waals surface area contributed by atoms with Crippen LogP contribution in [0.1, 0.15) is 18.9 Å². The molecule has 3 aromatic rings. The molecule has 0 spiro atoms. The number of hydrogen-bond donors (Lipinski definition) is 2. The Morgan fingerprint density at radius 2 is 1.78 bits per heavy atom. The SMILES string of the molecule is CCOc1cc(NNC(=O)[C@@H]2CC(=O)N(c3ccc(OC)cc3)C2)ccc1OCc1ccc(F)cc1. The van der Waals surface area contributed by atoms with E-state index in [0.29, 0.717) is 36.1 Å². The summed E-state index contributed by atoms with van der Waals surface area (Å²) in [6.45, 7) is 2.83. The zero-order chi connectivity index (χ0) is 25.5. The summed E-state index contributed by atoms with van der Waals surface area (Å²) in [6, 6.07) is 18.4. The molecule has 188 valence electrons. The van der Waals surface area contributed by atoms with Crippen molar-refractivity contribution in [1.29, 1.82) is 0 Å². The summed E-state index contributed by atoms with van der Waals surface area (Å²) in [5, 5.41) is 0. The van der Waals surface area contributed by atoms with Gasteiger partial charge in [0.25, 0.3) is 0 Å². The van der Waals surface area contributed by atoms with Gasteiger partial charge in [-0.2, -0.15) is 0 Å². The van der Waals surface area contributed by atoms with Crippen molar-refractivity contribution in [3.63, 3.8) is 0 Å². The maximum atomic E-state index is 13.1. The van der Waals surface area contributed by atoms with Crippen LogP contribution in [0.3, 0.4) is 0 Å². The van der Waals surface area contributed by atoms with Gasteiger partial charge in [-0.3, -0.25) is 20.4 Å². The standard InChI is InChI=1S/C27H28FN3O5/c1-3-35-25-15-21(8-13-24(25)36-17-18-4-6-20(28)7-5-18)29-30-27(33)19-14-26(32)31(16-19)22-9-11-23(34-2)12-10-22/h4-13,15,19,29H,3,14,16-17H2,1-2H3,(H,30,33)/t19-/m1/s1. The van der Waals surface area contributed by atoms with Crippen molar-refractivity contribution < 1.29 is 28.2 Å². The molecule has 1 saturated heterocycles. The van der Waals surface area contributed by atoms with E-state index in [4.69, 9.17) is 14.2 Å². The third-order valence-corrected chi connectivity index (χ3v) is 5.76. The molecule has 8 nitrogen and oxygen atoms in total. The lowest BCUT2D eigenvalue weighted by Crippen LogP contribution is -2.36. The molecule has 0 saturated carbocycles. The van der Waals surface area contributed by atoms with Crippen LogP contribution < -0.4 is 30.0 Å². The fraction of sp³-hybridized carbons (Fsp3) is 0.259. The highest BCUT2D eigenvalue weighted by molar-refractivity contribution is 6.00. The molecule has 0 aliphatic carbocycles. The first-order valence-electron chi connectivity index (χ1n) is 11.6. The molecule has 2 amide bonds. The lowest BCUT2D eigenvalue weighted by atomic mass is 10.1. The predicted molar refractivity (Wildman–Crippen MR) is 134 cm³/mol. The molecule has 0 aromatic heterocycles. The van der Waals surface area contributed by atoms with Gasteiger partial charge in [0, 0.05) is 24.7 Å². The van der Waals surface area contributed by atoms with Gasteiger partial charge in [-0.15, -0.1) is 0 Å². The molecule has 1 heterocycles. The van der Waals surface area contributed by atoms with Crippen LogP contribution in [0.4, 0.5) is 15.8 Å². The van der Waals surface area contributed by atoms with E-state index >= 15 is 0 Å². The average Bonchev–Trinajstić information content (AvgIpc) is 3.29. The number of hydrogen-bond acceptors (Lipinski definition) is 6. The van der Waals surface area contributed by atoms with E-state index in [1.807, 2.05) is 6.92 Å². The minimum atomic E-state index is -0.489. The van der Waals surface area contributed by atoms with Gasteiger partial charge < -0.3 is 19.1 Å². The van der Waals surface area contributed by atoms with Gasteiger partial charge in [-0.25, -0.2) is 4.39 Å². The monoisotopic (exact) mass is 493 g/mol. The zero-order valence-corrected chi connectivity index (χ0v) is 20.1. The molecule has 36 heavy (non-hydrogen) atoms. The van der Waals surface area contributed by atoms with Crippen LogP contribution in [0.2, 0.25) is 0 Å². The maximum Gasteiger partial charge on any atom is 0.243 e. The minimum absolute atomic E-state index is 0.110. The number of amides is 2. The minimum Gasteiger partial charge on any atom is -0.497 e. The molecule has 0 radical (unpaired) electrons. The van der Waals surface area contributed by atoms with Gasteiger partial charge >= 0.3 is 0 Å². The molecule has 4 rings (SSSR count). The van der Waals surface area contributed by atoms with E-state index in [1.165, 1.54) is 12.1 Å². The van der Waals surface area contributed by atoms with Gasteiger partial charge in [0.05, 0.1) is 25.3 Å². The number of carbonyl (C=O) groups is 2. The number of anilines is 2. The fourth-order valence-corrected chi connectivity index (χ4v) is 3.85. The number of benzene rings is 3. The van der Waals surface area contributed by atoms with Crippen molar-refractivity contribution in [2.45, 2.75) is 20.0 Å². The number of nitrogens with one attached hydrogen (secondary N) is 2. The van der Waals surface area contributed by atoms with E-state index in [-0.39, 0.29) is 30.7 Å². The summed E-state index contributed by atoms with van der Waals surface area (Å²) < 4.78 is 29.8. The summed E-state index contributed by atoms with van der Waals surface area (Å²) >= 11 is 0. The summed E-state index contributed by atoms with van der Waals surface area (Å²) in [5.74, 6) is 0.534. The number of carbonyl (C=O) groups excluding carboxylic acids is 2. The first-order chi connectivity index (χ1) is 17.5. The largest absolute Gasteiger partial charge is 0.497 e. The van der Waals surface area contributed by atoms with Crippen molar-refractivity contribution in [1.82, 2.24) is 5.43 Å². The number of rotatable bonds is 10. The van der Waals surface area contributed by atoms with E-state index in [0.717, 1.165) is 11.3 Å². The van der Waals surface area contributed by atoms with Crippen molar-refractivity contribution in [2.24, 2.45) is 5.92 Å². The molecule has 1 fully saturated rings. The van der Waals surface area contributed by atoms with Gasteiger partial charge in [0.2, 0.25) is 11.8 Å². The molecular weight excluding hydrogens is 465 g/mol. The van der Waals surface area contributed by atoms with Crippen LogP contribution in [-0.4, -0.2) is 32.1 Å². The summed E-state index contributed by atoms with van der Waals surface area (Å²) in [6.07, 6.45) is 0.125. The van der Waals surface area contributed by atoms with Crippen LogP contribution in [0.25, 0.3) is 0 Å². The second-order valence-corrected chi connectivity index (χ2v) is 8.23. The Balaban J connectivity index is 1.34. The quantitative estimate of drug-likeness (QED) is 0.409. The molecule has 0 bridgehead atoms. The zero-order valence-electron chi connectivity index (χ0n) is 20.1. The van der Waals surface area contributed by atoms with Crippen LogP contribution in [0, 0.1) is 11.7 Å². The number of ether oxygens (including phenoxy) is 3. The van der Waals surface area contributed by atoms with Crippen molar-refractivity contribution in [2.75, 3.05) is 30.6 Å². The molecule has 0 unspecified atom stereocenters. The van der Waals surface area contributed by atoms with E-state index in [2.05, 4.69) is 10.9 Å². The number of nitrogens with zero attached hydrogens (tertiary/aromatic N) is 1. The smallest absolute Gasteiger partial charge is 0.243 e. The Morgan fingerprint density at radius 1 is 1.03 bits per heavy atom. The number of hydrazine groups is 1. The van der Waals surface area contributed by atoms with Gasteiger partial charge in [-0.1, -0.05) is 12.1 Å². The fourth-order valence-electron chi connectivity index (χ4n) is 3.85. The Labute approximate surface area is 208 Å². The van der Waals surface area contributed by atoms with E-state index in [1.54, 1.807) is 66.6 Å². The van der Waals surface area contributed by atoms with Crippen molar-refractivity contribution >= 4 is 23.2 Å². The predicted octanol–water partition coefficient (Wildman–Crippen LogP) is 4.31. The van der Waals surface area contributed by atoms with Gasteiger partial charge in [-0.05, 0) is 61.0 Å². The summed E-state index contributed by atoms with van der Waals surface area (Å²) in [4.78, 5) is 26.8. The molecule has 1 aliphatic heterocycles. The van der Waals surface area contributed by atoms with E-state index < -0.39 is 5.92 Å². The molecule has 1 atom stereocenters. The highest BCUT2D eigenvalue weighted by Crippen LogP contribution is 2.31. The summed E-state index contributed by atoms with van der Waals surface area (Å²) in [5.41, 5.74) is 7.71. The maximum absolute atomic E-state index is 13.1. The second kappa shape index (κ2) is 11.4. The average molecular weight is 494 g/mol. The van der Waals surface area contributed by atoms with Crippen LogP contribution in [0.5, 0.6) is 17.2 Å². The Morgan fingerprint density at radius 3 is 2.47 bits per heavy atom. The normalized spacial score (nSPS) is 14.9. The number of methoxy groups -OCH3 is 1. The Kier molecular flexibility index (Phi) is 7.89. The van der Waals surface area contributed by atoms with Gasteiger partial charge in [0.15, 0.2) is 11.5 Å².